The maximum atomic E-state index is 13.7. The Morgan fingerprint density at radius 2 is 1.79 bits per heavy atom. The van der Waals surface area contributed by atoms with Gasteiger partial charge >= 0.3 is 0 Å². The summed E-state index contributed by atoms with van der Waals surface area (Å²) in [5, 5.41) is 3.46. The number of nitrogens with two attached hydrogens (primary N) is 1. The molecule has 0 unspecified atom stereocenters. The van der Waals surface area contributed by atoms with Gasteiger partial charge in [0.05, 0.1) is 28.5 Å². The molecule has 0 aromatic heterocycles. The highest BCUT2D eigenvalue weighted by atomic mass is 35.5. The first-order valence-electron chi connectivity index (χ1n) is 5.36. The lowest BCUT2D eigenvalue weighted by atomic mass is 10.2. The zero-order valence-electron chi connectivity index (χ0n) is 10.0. The third-order valence-corrected chi connectivity index (χ3v) is 3.09. The zero-order chi connectivity index (χ0) is 14.0. The maximum absolute atomic E-state index is 13.7. The van der Waals surface area contributed by atoms with Crippen molar-refractivity contribution in [2.45, 2.75) is 0 Å². The van der Waals surface area contributed by atoms with Gasteiger partial charge in [0.15, 0.2) is 0 Å². The van der Waals surface area contributed by atoms with Crippen molar-refractivity contribution in [2.75, 3.05) is 18.2 Å². The molecule has 0 aliphatic carbocycles. The molecule has 0 radical (unpaired) electrons. The van der Waals surface area contributed by atoms with E-state index in [9.17, 15) is 4.39 Å². The van der Waals surface area contributed by atoms with E-state index in [1.807, 2.05) is 0 Å². The minimum Gasteiger partial charge on any atom is -0.497 e. The summed E-state index contributed by atoms with van der Waals surface area (Å²) in [5.74, 6) is 0.0800. The van der Waals surface area contributed by atoms with Gasteiger partial charge in [0.1, 0.15) is 11.6 Å². The van der Waals surface area contributed by atoms with Crippen LogP contribution in [-0.2, 0) is 0 Å². The number of ether oxygens (including phenoxy) is 1. The summed E-state index contributed by atoms with van der Waals surface area (Å²) < 4.78 is 18.7. The lowest BCUT2D eigenvalue weighted by Crippen LogP contribution is -1.97. The molecule has 100 valence electrons. The van der Waals surface area contributed by atoms with Gasteiger partial charge in [0.2, 0.25) is 0 Å². The number of rotatable bonds is 3. The summed E-state index contributed by atoms with van der Waals surface area (Å²) in [6.45, 7) is 0. The Morgan fingerprint density at radius 3 is 2.37 bits per heavy atom. The highest BCUT2D eigenvalue weighted by Gasteiger charge is 2.11. The molecule has 0 fully saturated rings. The van der Waals surface area contributed by atoms with Crippen molar-refractivity contribution in [3.63, 3.8) is 0 Å². The quantitative estimate of drug-likeness (QED) is 0.822. The number of benzene rings is 2. The van der Waals surface area contributed by atoms with Crippen LogP contribution >= 0.6 is 23.2 Å². The number of methoxy groups -OCH3 is 1. The van der Waals surface area contributed by atoms with Crippen LogP contribution in [0.4, 0.5) is 21.5 Å². The van der Waals surface area contributed by atoms with Crippen LogP contribution in [0.2, 0.25) is 10.0 Å². The zero-order valence-corrected chi connectivity index (χ0v) is 11.5. The Labute approximate surface area is 120 Å². The van der Waals surface area contributed by atoms with Crippen LogP contribution in [0.15, 0.2) is 30.3 Å². The first-order valence-corrected chi connectivity index (χ1v) is 6.12. The van der Waals surface area contributed by atoms with E-state index in [0.717, 1.165) is 0 Å². The maximum Gasteiger partial charge on any atom is 0.146 e. The van der Waals surface area contributed by atoms with E-state index < -0.39 is 5.82 Å². The minimum absolute atomic E-state index is 0.216. The normalized spacial score (nSPS) is 10.3. The second-order valence-electron chi connectivity index (χ2n) is 3.83. The molecular weight excluding hydrogens is 290 g/mol. The molecular formula is C13H11Cl2FN2O. The Bertz CT molecular complexity index is 597. The van der Waals surface area contributed by atoms with Crippen LogP contribution in [0, 0.1) is 5.82 Å². The van der Waals surface area contributed by atoms with Crippen LogP contribution in [-0.4, -0.2) is 7.11 Å². The molecule has 0 heterocycles. The monoisotopic (exact) mass is 300 g/mol. The van der Waals surface area contributed by atoms with Crippen molar-refractivity contribution in [3.8, 4) is 5.75 Å². The fourth-order valence-electron chi connectivity index (χ4n) is 1.57. The first kappa shape index (κ1) is 13.8. The molecule has 2 aromatic rings. The molecule has 3 N–H and O–H groups in total. The Kier molecular flexibility index (Phi) is 4.02. The summed E-state index contributed by atoms with van der Waals surface area (Å²) in [6, 6.07) is 7.40. The van der Waals surface area contributed by atoms with E-state index in [-0.39, 0.29) is 5.69 Å². The molecule has 19 heavy (non-hydrogen) atoms. The van der Waals surface area contributed by atoms with Crippen molar-refractivity contribution >= 4 is 40.3 Å². The molecule has 2 aromatic carbocycles. The second kappa shape index (κ2) is 5.55. The summed E-state index contributed by atoms with van der Waals surface area (Å²) in [4.78, 5) is 0. The van der Waals surface area contributed by atoms with Gasteiger partial charge in [-0.3, -0.25) is 0 Å². The number of hydrogen-bond donors (Lipinski definition) is 2. The predicted molar refractivity (Wildman–Crippen MR) is 77.1 cm³/mol. The predicted octanol–water partition coefficient (Wildman–Crippen LogP) is 4.47. The molecule has 0 aliphatic heterocycles. The van der Waals surface area contributed by atoms with E-state index in [1.54, 1.807) is 0 Å². The number of nitrogens with one attached hydrogen (secondary N) is 1. The molecule has 0 atom stereocenters. The van der Waals surface area contributed by atoms with Crippen molar-refractivity contribution in [1.82, 2.24) is 0 Å². The van der Waals surface area contributed by atoms with Gasteiger partial charge in [0, 0.05) is 11.8 Å². The van der Waals surface area contributed by atoms with Gasteiger partial charge in [-0.1, -0.05) is 23.2 Å². The van der Waals surface area contributed by atoms with Gasteiger partial charge in [-0.15, -0.1) is 0 Å². The number of anilines is 3. The highest BCUT2D eigenvalue weighted by molar-refractivity contribution is 6.39. The van der Waals surface area contributed by atoms with Crippen LogP contribution in [0.3, 0.4) is 0 Å². The molecule has 0 bridgehead atoms. The summed E-state index contributed by atoms with van der Waals surface area (Å²) in [5.41, 5.74) is 6.65. The average Bonchev–Trinajstić information content (AvgIpc) is 2.35. The molecule has 0 aliphatic rings. The number of hydrogen-bond acceptors (Lipinski definition) is 3. The van der Waals surface area contributed by atoms with E-state index in [4.69, 9.17) is 33.7 Å². The lowest BCUT2D eigenvalue weighted by molar-refractivity contribution is 0.414. The SMILES string of the molecule is COc1ccc(F)c(Nc2c(Cl)cc(N)cc2Cl)c1. The topological polar surface area (TPSA) is 47.3 Å². The Hall–Kier alpha value is -1.65. The standard InChI is InChI=1S/C13H11Cl2FN2O/c1-19-8-2-3-11(16)12(6-8)18-13-9(14)4-7(17)5-10(13)15/h2-6,18H,17H2,1H3. The second-order valence-corrected chi connectivity index (χ2v) is 4.64. The van der Waals surface area contributed by atoms with Crippen molar-refractivity contribution < 1.29 is 9.13 Å². The van der Waals surface area contributed by atoms with Crippen molar-refractivity contribution in [2.24, 2.45) is 0 Å². The van der Waals surface area contributed by atoms with E-state index in [2.05, 4.69) is 5.32 Å². The summed E-state index contributed by atoms with van der Waals surface area (Å²) in [7, 11) is 1.50. The van der Waals surface area contributed by atoms with E-state index in [1.165, 1.54) is 37.4 Å². The van der Waals surface area contributed by atoms with E-state index >= 15 is 0 Å². The number of nitrogen functional groups attached to an aromatic ring is 1. The Morgan fingerprint density at radius 1 is 1.16 bits per heavy atom. The van der Waals surface area contributed by atoms with Crippen LogP contribution in [0.25, 0.3) is 0 Å². The average molecular weight is 301 g/mol. The third-order valence-electron chi connectivity index (χ3n) is 2.50. The van der Waals surface area contributed by atoms with Crippen molar-refractivity contribution in [3.05, 3.63) is 46.2 Å². The molecule has 0 saturated carbocycles. The third kappa shape index (κ3) is 3.03. The minimum atomic E-state index is -0.440. The lowest BCUT2D eigenvalue weighted by Gasteiger charge is -2.13. The molecule has 0 saturated heterocycles. The Balaban J connectivity index is 2.41. The molecule has 3 nitrogen and oxygen atoms in total. The van der Waals surface area contributed by atoms with Crippen LogP contribution in [0.5, 0.6) is 5.75 Å². The van der Waals surface area contributed by atoms with Gasteiger partial charge in [-0.2, -0.15) is 0 Å². The van der Waals surface area contributed by atoms with Gasteiger partial charge in [-0.05, 0) is 24.3 Å². The summed E-state index contributed by atoms with van der Waals surface area (Å²) >= 11 is 12.1. The largest absolute Gasteiger partial charge is 0.497 e. The van der Waals surface area contributed by atoms with E-state index in [0.29, 0.717) is 27.2 Å². The molecule has 6 heteroatoms. The molecule has 0 spiro atoms. The van der Waals surface area contributed by atoms with Gasteiger partial charge in [-0.25, -0.2) is 4.39 Å². The number of halogens is 3. The summed E-state index contributed by atoms with van der Waals surface area (Å²) in [6.07, 6.45) is 0. The smallest absolute Gasteiger partial charge is 0.146 e. The molecule has 0 amide bonds. The van der Waals surface area contributed by atoms with Gasteiger partial charge in [0.25, 0.3) is 0 Å². The fourth-order valence-corrected chi connectivity index (χ4v) is 2.17. The van der Waals surface area contributed by atoms with Crippen LogP contribution in [0.1, 0.15) is 0 Å². The first-order chi connectivity index (χ1) is 9.01. The highest BCUT2D eigenvalue weighted by Crippen LogP contribution is 2.36. The van der Waals surface area contributed by atoms with Crippen LogP contribution < -0.4 is 15.8 Å². The molecule has 2 rings (SSSR count). The van der Waals surface area contributed by atoms with Crippen molar-refractivity contribution in [1.29, 1.82) is 0 Å². The van der Waals surface area contributed by atoms with Gasteiger partial charge < -0.3 is 15.8 Å². The fraction of sp³-hybridized carbons (Fsp3) is 0.0769.